The second-order valence-corrected chi connectivity index (χ2v) is 32.8. The first-order valence-corrected chi connectivity index (χ1v) is 31.1. The fourth-order valence-corrected chi connectivity index (χ4v) is 34.4. The maximum absolute atomic E-state index is 3.24. The van der Waals surface area contributed by atoms with E-state index in [0.29, 0.717) is 0 Å². The van der Waals surface area contributed by atoms with Gasteiger partial charge in [-0.1, -0.05) is 0 Å². The van der Waals surface area contributed by atoms with Gasteiger partial charge < -0.3 is 0 Å². The van der Waals surface area contributed by atoms with E-state index in [2.05, 4.69) is 194 Å². The summed E-state index contributed by atoms with van der Waals surface area (Å²) in [4.78, 5) is 0. The molecule has 0 saturated carbocycles. The summed E-state index contributed by atoms with van der Waals surface area (Å²) in [5, 5.41) is 12.1. The zero-order chi connectivity index (χ0) is 43.5. The standard InChI is InChI=1S/2C27H35Si.2CH3.Ti/c2*1-9-23-14-24(10-2)16-25(15-23)28(26-13-11-12-18(3)21(26)6)27(8)17-19(4)20(5)22(27)7;;;/h2*11-16,28H,9-10H2,1-8H3;2*1H3;. The van der Waals surface area contributed by atoms with E-state index >= 15 is 0 Å². The molecule has 312 valence electrons. The zero-order valence-electron chi connectivity index (χ0n) is 40.4. The van der Waals surface area contributed by atoms with E-state index in [1.54, 1.807) is 54.2 Å². The number of aryl methyl sites for hydroxylation is 6. The van der Waals surface area contributed by atoms with Crippen molar-refractivity contribution in [3.8, 4) is 0 Å². The van der Waals surface area contributed by atoms with Crippen molar-refractivity contribution in [2.45, 2.75) is 157 Å². The quantitative estimate of drug-likeness (QED) is 0.125. The molecule has 0 nitrogen and oxygen atoms in total. The Morgan fingerprint density at radius 2 is 0.746 bits per heavy atom. The van der Waals surface area contributed by atoms with Crippen LogP contribution in [0, 0.1) is 27.7 Å². The summed E-state index contributed by atoms with van der Waals surface area (Å²) in [6.07, 6.45) is 4.29. The predicted octanol–water partition coefficient (Wildman–Crippen LogP) is 12.6. The Kier molecular flexibility index (Phi) is 13.1. The molecule has 0 spiro atoms. The van der Waals surface area contributed by atoms with Gasteiger partial charge in [-0.2, -0.15) is 0 Å². The molecule has 2 aliphatic rings. The van der Waals surface area contributed by atoms with Gasteiger partial charge in [0.25, 0.3) is 0 Å². The van der Waals surface area contributed by atoms with Crippen LogP contribution in [-0.2, 0) is 42.3 Å². The summed E-state index contributed by atoms with van der Waals surface area (Å²) in [5.74, 6) is 0. The molecule has 0 radical (unpaired) electrons. The average Bonchev–Trinajstić information content (AvgIpc) is 3.50. The fraction of sp³-hybridized carbons (Fsp3) is 0.429. The Morgan fingerprint density at radius 1 is 0.441 bits per heavy atom. The van der Waals surface area contributed by atoms with Gasteiger partial charge in [-0.25, -0.2) is 0 Å². The summed E-state index contributed by atoms with van der Waals surface area (Å²) >= 11 is -3.24. The van der Waals surface area contributed by atoms with E-state index in [4.69, 9.17) is 0 Å². The van der Waals surface area contributed by atoms with Crippen molar-refractivity contribution in [2.24, 2.45) is 0 Å². The topological polar surface area (TPSA) is 0 Å². The predicted molar refractivity (Wildman–Crippen MR) is 266 cm³/mol. The molecule has 0 aliphatic heterocycles. The molecule has 0 bridgehead atoms. The fourth-order valence-electron chi connectivity index (χ4n) is 12.5. The molecule has 59 heavy (non-hydrogen) atoms. The van der Waals surface area contributed by atoms with Gasteiger partial charge in [0.2, 0.25) is 0 Å². The van der Waals surface area contributed by atoms with Crippen LogP contribution >= 0.6 is 0 Å². The Labute approximate surface area is 368 Å². The minimum atomic E-state index is -3.24. The molecule has 4 aromatic carbocycles. The van der Waals surface area contributed by atoms with Gasteiger partial charge in [-0.3, -0.25) is 0 Å². The Hall–Kier alpha value is -3.01. The molecule has 0 aromatic heterocycles. The van der Waals surface area contributed by atoms with E-state index in [1.807, 2.05) is 7.76 Å². The first kappa shape index (κ1) is 45.5. The van der Waals surface area contributed by atoms with E-state index in [-0.39, 0.29) is 10.1 Å². The third kappa shape index (κ3) is 7.34. The summed E-state index contributed by atoms with van der Waals surface area (Å²) in [6, 6.07) is 30.0. The van der Waals surface area contributed by atoms with Crippen molar-refractivity contribution in [1.29, 1.82) is 0 Å². The van der Waals surface area contributed by atoms with Gasteiger partial charge in [0.05, 0.1) is 0 Å². The van der Waals surface area contributed by atoms with E-state index in [1.165, 1.54) is 44.5 Å². The second kappa shape index (κ2) is 17.0. The molecule has 0 saturated heterocycles. The summed E-state index contributed by atoms with van der Waals surface area (Å²) < 4.78 is 3.72. The van der Waals surface area contributed by atoms with Crippen LogP contribution in [0.3, 0.4) is 0 Å². The minimum absolute atomic E-state index is 0.0417. The van der Waals surface area contributed by atoms with Crippen molar-refractivity contribution >= 4 is 38.3 Å². The SMILES string of the molecule is CCc1cc(CC)cc([SiH](c2cccc(C)c2C)C2(C)C(C)=C(C)C(C)=[C]2[Ti]([CH3])([CH3])[C]2=C(C)C(C)=C(C)C2(C)[SiH](c2cc(CC)cc(CC)c2)c2cccc(C)c2C)c1. The van der Waals surface area contributed by atoms with Crippen molar-refractivity contribution in [3.63, 3.8) is 0 Å². The molecule has 4 aromatic rings. The number of hydrogen-bond donors (Lipinski definition) is 0. The summed E-state index contributed by atoms with van der Waals surface area (Å²) in [5.41, 5.74) is 21.4. The number of rotatable bonds is 12. The van der Waals surface area contributed by atoms with Crippen molar-refractivity contribution in [1.82, 2.24) is 0 Å². The summed E-state index contributed by atoms with van der Waals surface area (Å²) in [7, 11) is -3.95. The van der Waals surface area contributed by atoms with Crippen molar-refractivity contribution in [3.05, 3.63) is 158 Å². The molecule has 6 rings (SSSR count). The zero-order valence-corrected chi connectivity index (χ0v) is 44.3. The van der Waals surface area contributed by atoms with Crippen LogP contribution in [0.25, 0.3) is 0 Å². The van der Waals surface area contributed by atoms with Gasteiger partial charge in [0.15, 0.2) is 0 Å². The molecule has 0 fully saturated rings. The maximum atomic E-state index is 2.84. The first-order chi connectivity index (χ1) is 27.7. The van der Waals surface area contributed by atoms with E-state index in [0.717, 1.165) is 25.7 Å². The molecule has 2 aliphatic carbocycles. The van der Waals surface area contributed by atoms with Crippen LogP contribution < -0.4 is 20.7 Å². The van der Waals surface area contributed by atoms with Crippen LogP contribution in [0.1, 0.15) is 128 Å². The van der Waals surface area contributed by atoms with E-state index in [9.17, 15) is 0 Å². The first-order valence-electron chi connectivity index (χ1n) is 22.9. The molecule has 0 heterocycles. The Bertz CT molecular complexity index is 2240. The molecular formula is C56H76Si2Ti. The van der Waals surface area contributed by atoms with Gasteiger partial charge in [0, 0.05) is 0 Å². The third-order valence-corrected chi connectivity index (χ3v) is 32.2. The van der Waals surface area contributed by atoms with Crippen LogP contribution in [0.15, 0.2) is 114 Å². The van der Waals surface area contributed by atoms with Crippen LogP contribution in [-0.4, -0.2) is 17.6 Å². The Morgan fingerprint density at radius 3 is 1.03 bits per heavy atom. The van der Waals surface area contributed by atoms with Gasteiger partial charge in [-0.15, -0.1) is 0 Å². The number of allylic oxidation sites excluding steroid dienone is 8. The van der Waals surface area contributed by atoms with Crippen LogP contribution in [0.4, 0.5) is 0 Å². The van der Waals surface area contributed by atoms with Crippen molar-refractivity contribution < 1.29 is 16.6 Å². The molecule has 3 heteroatoms. The van der Waals surface area contributed by atoms with Gasteiger partial charge in [0.1, 0.15) is 0 Å². The molecule has 0 N–H and O–H groups in total. The van der Waals surface area contributed by atoms with E-state index < -0.39 is 34.2 Å². The monoisotopic (exact) mass is 852 g/mol. The Balaban J connectivity index is 1.71. The normalized spacial score (nSPS) is 21.1. The number of hydrogen-bond acceptors (Lipinski definition) is 0. The van der Waals surface area contributed by atoms with Gasteiger partial charge >= 0.3 is 370 Å². The van der Waals surface area contributed by atoms with Crippen molar-refractivity contribution in [2.75, 3.05) is 0 Å². The second-order valence-electron chi connectivity index (χ2n) is 19.6. The van der Waals surface area contributed by atoms with Gasteiger partial charge in [-0.05, 0) is 0 Å². The number of benzene rings is 4. The molecular weight excluding hydrogens is 777 g/mol. The van der Waals surface area contributed by atoms with Crippen LogP contribution in [0.2, 0.25) is 20.5 Å². The molecule has 4 unspecified atom stereocenters. The third-order valence-electron chi connectivity index (χ3n) is 16.4. The molecule has 0 amide bonds. The average molecular weight is 853 g/mol. The molecule has 4 atom stereocenters. The van der Waals surface area contributed by atoms with Crippen LogP contribution in [0.5, 0.6) is 0 Å². The summed E-state index contributed by atoms with van der Waals surface area (Å²) in [6.45, 7) is 39.5.